The number of carbonyl (C=O) groups is 1. The van der Waals surface area contributed by atoms with Crippen molar-refractivity contribution in [1.82, 2.24) is 15.5 Å². The average Bonchev–Trinajstić information content (AvgIpc) is 2.40. The molecule has 0 bridgehead atoms. The number of hydrogen-bond donors (Lipinski definition) is 1. The number of amides is 1. The molecule has 1 fully saturated rings. The van der Waals surface area contributed by atoms with Crippen molar-refractivity contribution in [2.75, 3.05) is 13.2 Å². The van der Waals surface area contributed by atoms with Gasteiger partial charge >= 0.3 is 0 Å². The van der Waals surface area contributed by atoms with Crippen LogP contribution < -0.4 is 5.32 Å². The second kappa shape index (κ2) is 6.11. The highest BCUT2D eigenvalue weighted by Gasteiger charge is 2.22. The van der Waals surface area contributed by atoms with E-state index in [0.717, 1.165) is 26.1 Å². The molecular formula is C12H16ClN3O2. The molecule has 1 N–H and O–H groups in total. The normalized spacial score (nSPS) is 18.3. The van der Waals surface area contributed by atoms with Crippen molar-refractivity contribution in [1.29, 1.82) is 0 Å². The van der Waals surface area contributed by atoms with Crippen molar-refractivity contribution < 1.29 is 9.53 Å². The van der Waals surface area contributed by atoms with Crippen molar-refractivity contribution in [3.8, 4) is 0 Å². The van der Waals surface area contributed by atoms with Gasteiger partial charge in [0.1, 0.15) is 0 Å². The van der Waals surface area contributed by atoms with Gasteiger partial charge in [0.15, 0.2) is 10.8 Å². The van der Waals surface area contributed by atoms with Gasteiger partial charge in [-0.1, -0.05) is 11.6 Å². The molecule has 1 saturated heterocycles. The molecule has 6 heteroatoms. The molecule has 98 valence electrons. The van der Waals surface area contributed by atoms with E-state index in [9.17, 15) is 4.79 Å². The Bertz CT molecular complexity index is 404. The molecule has 0 spiro atoms. The first kappa shape index (κ1) is 13.2. The Morgan fingerprint density at radius 2 is 2.17 bits per heavy atom. The van der Waals surface area contributed by atoms with Crippen molar-refractivity contribution in [3.05, 3.63) is 23.0 Å². The Morgan fingerprint density at radius 3 is 2.78 bits per heavy atom. The number of aromatic nitrogens is 2. The lowest BCUT2D eigenvalue weighted by Crippen LogP contribution is -2.40. The molecule has 1 aliphatic heterocycles. The molecule has 18 heavy (non-hydrogen) atoms. The smallest absolute Gasteiger partial charge is 0.272 e. The summed E-state index contributed by atoms with van der Waals surface area (Å²) in [6.45, 7) is 3.55. The van der Waals surface area contributed by atoms with E-state index in [-0.39, 0.29) is 17.1 Å². The SMILES string of the molecule is CC(NC(=O)c1ccc(Cl)nn1)C1CCOCC1. The molecule has 1 unspecified atom stereocenters. The van der Waals surface area contributed by atoms with E-state index >= 15 is 0 Å². The van der Waals surface area contributed by atoms with Crippen LogP contribution in [0.2, 0.25) is 5.15 Å². The van der Waals surface area contributed by atoms with E-state index in [1.54, 1.807) is 12.1 Å². The van der Waals surface area contributed by atoms with Gasteiger partial charge in [-0.15, -0.1) is 10.2 Å². The Labute approximate surface area is 111 Å². The molecule has 2 rings (SSSR count). The fraction of sp³-hybridized carbons (Fsp3) is 0.583. The quantitative estimate of drug-likeness (QED) is 0.907. The van der Waals surface area contributed by atoms with Gasteiger partial charge in [-0.05, 0) is 37.8 Å². The number of carbonyl (C=O) groups excluding carboxylic acids is 1. The first-order chi connectivity index (χ1) is 8.66. The van der Waals surface area contributed by atoms with Crippen LogP contribution in [0.3, 0.4) is 0 Å². The lowest BCUT2D eigenvalue weighted by Gasteiger charge is -2.28. The fourth-order valence-corrected chi connectivity index (χ4v) is 2.15. The lowest BCUT2D eigenvalue weighted by molar-refractivity contribution is 0.0537. The maximum Gasteiger partial charge on any atom is 0.272 e. The molecule has 1 aromatic rings. The minimum Gasteiger partial charge on any atom is -0.381 e. The third kappa shape index (κ3) is 3.40. The summed E-state index contributed by atoms with van der Waals surface area (Å²) in [5.74, 6) is 0.251. The predicted octanol–water partition coefficient (Wildman–Crippen LogP) is 1.67. The maximum absolute atomic E-state index is 11.9. The van der Waals surface area contributed by atoms with Crippen LogP contribution in [0.4, 0.5) is 0 Å². The van der Waals surface area contributed by atoms with Crippen LogP contribution in [0.1, 0.15) is 30.3 Å². The second-order valence-electron chi connectivity index (χ2n) is 4.45. The van der Waals surface area contributed by atoms with Crippen LogP contribution in [0, 0.1) is 5.92 Å². The highest BCUT2D eigenvalue weighted by Crippen LogP contribution is 2.18. The molecule has 2 heterocycles. The van der Waals surface area contributed by atoms with E-state index < -0.39 is 0 Å². The van der Waals surface area contributed by atoms with Gasteiger partial charge < -0.3 is 10.1 Å². The van der Waals surface area contributed by atoms with Crippen molar-refractivity contribution >= 4 is 17.5 Å². The largest absolute Gasteiger partial charge is 0.381 e. The average molecular weight is 270 g/mol. The summed E-state index contributed by atoms with van der Waals surface area (Å²) in [6.07, 6.45) is 1.96. The number of halogens is 1. The number of rotatable bonds is 3. The molecule has 0 radical (unpaired) electrons. The minimum atomic E-state index is -0.210. The zero-order valence-corrected chi connectivity index (χ0v) is 11.0. The van der Waals surface area contributed by atoms with Crippen LogP contribution in [0.5, 0.6) is 0 Å². The Morgan fingerprint density at radius 1 is 1.44 bits per heavy atom. The first-order valence-electron chi connectivity index (χ1n) is 6.04. The van der Waals surface area contributed by atoms with E-state index in [0.29, 0.717) is 11.6 Å². The van der Waals surface area contributed by atoms with E-state index in [4.69, 9.17) is 16.3 Å². The van der Waals surface area contributed by atoms with Crippen LogP contribution >= 0.6 is 11.6 Å². The van der Waals surface area contributed by atoms with Crippen LogP contribution in [-0.4, -0.2) is 35.4 Å². The zero-order chi connectivity index (χ0) is 13.0. The Hall–Kier alpha value is -1.20. The maximum atomic E-state index is 11.9. The molecule has 0 aromatic carbocycles. The van der Waals surface area contributed by atoms with Gasteiger partial charge in [-0.25, -0.2) is 0 Å². The van der Waals surface area contributed by atoms with Gasteiger partial charge in [-0.2, -0.15) is 0 Å². The lowest BCUT2D eigenvalue weighted by atomic mass is 9.93. The molecule has 5 nitrogen and oxygen atoms in total. The summed E-state index contributed by atoms with van der Waals surface area (Å²) in [7, 11) is 0. The molecule has 0 aliphatic carbocycles. The molecule has 1 amide bonds. The monoisotopic (exact) mass is 269 g/mol. The van der Waals surface area contributed by atoms with Crippen molar-refractivity contribution in [3.63, 3.8) is 0 Å². The number of nitrogens with zero attached hydrogens (tertiary/aromatic N) is 2. The summed E-state index contributed by atoms with van der Waals surface area (Å²) in [5, 5.41) is 10.6. The summed E-state index contributed by atoms with van der Waals surface area (Å²) < 4.78 is 5.30. The highest BCUT2D eigenvalue weighted by atomic mass is 35.5. The highest BCUT2D eigenvalue weighted by molar-refractivity contribution is 6.29. The number of hydrogen-bond acceptors (Lipinski definition) is 4. The van der Waals surface area contributed by atoms with E-state index in [1.807, 2.05) is 6.92 Å². The number of ether oxygens (including phenoxy) is 1. The Balaban J connectivity index is 1.91. The molecule has 1 aromatic heterocycles. The molecular weight excluding hydrogens is 254 g/mol. The first-order valence-corrected chi connectivity index (χ1v) is 6.42. The zero-order valence-electron chi connectivity index (χ0n) is 10.2. The standard InChI is InChI=1S/C12H16ClN3O2/c1-8(9-4-6-18-7-5-9)14-12(17)10-2-3-11(13)16-15-10/h2-3,8-9H,4-7H2,1H3,(H,14,17). The number of nitrogens with one attached hydrogen (secondary N) is 1. The van der Waals surface area contributed by atoms with Gasteiger partial charge in [0.25, 0.3) is 5.91 Å². The topological polar surface area (TPSA) is 64.1 Å². The second-order valence-corrected chi connectivity index (χ2v) is 4.84. The van der Waals surface area contributed by atoms with Crippen LogP contribution in [0.15, 0.2) is 12.1 Å². The van der Waals surface area contributed by atoms with Crippen molar-refractivity contribution in [2.45, 2.75) is 25.8 Å². The summed E-state index contributed by atoms with van der Waals surface area (Å²) in [6, 6.07) is 3.24. The third-order valence-corrected chi connectivity index (χ3v) is 3.40. The van der Waals surface area contributed by atoms with Gasteiger partial charge in [-0.3, -0.25) is 4.79 Å². The van der Waals surface area contributed by atoms with Gasteiger partial charge in [0.05, 0.1) is 0 Å². The molecule has 1 aliphatic rings. The summed E-state index contributed by atoms with van der Waals surface area (Å²) in [4.78, 5) is 11.9. The van der Waals surface area contributed by atoms with Crippen molar-refractivity contribution in [2.24, 2.45) is 5.92 Å². The van der Waals surface area contributed by atoms with E-state index in [2.05, 4.69) is 15.5 Å². The Kier molecular flexibility index (Phi) is 4.49. The predicted molar refractivity (Wildman–Crippen MR) is 67.5 cm³/mol. The van der Waals surface area contributed by atoms with Crippen LogP contribution in [0.25, 0.3) is 0 Å². The fourth-order valence-electron chi connectivity index (χ4n) is 2.05. The minimum absolute atomic E-state index is 0.110. The van der Waals surface area contributed by atoms with Gasteiger partial charge in [0.2, 0.25) is 0 Å². The van der Waals surface area contributed by atoms with E-state index in [1.165, 1.54) is 0 Å². The third-order valence-electron chi connectivity index (χ3n) is 3.20. The molecule has 0 saturated carbocycles. The van der Waals surface area contributed by atoms with Gasteiger partial charge in [0, 0.05) is 19.3 Å². The summed E-state index contributed by atoms with van der Waals surface area (Å²) in [5.41, 5.74) is 0.290. The van der Waals surface area contributed by atoms with Crippen LogP contribution in [-0.2, 0) is 4.74 Å². The summed E-state index contributed by atoms with van der Waals surface area (Å²) >= 11 is 5.62. The molecule has 1 atom stereocenters.